The number of hydrogen-bond acceptors (Lipinski definition) is 4. The predicted molar refractivity (Wildman–Crippen MR) is 69.9 cm³/mol. The smallest absolute Gasteiger partial charge is 0.313 e. The molecule has 2 aromatic rings. The maximum absolute atomic E-state index is 11.9. The highest BCUT2D eigenvalue weighted by molar-refractivity contribution is 7.92. The summed E-state index contributed by atoms with van der Waals surface area (Å²) in [5.41, 5.74) is -1.58. The fourth-order valence-electron chi connectivity index (χ4n) is 1.36. The average molecular weight is 302 g/mol. The van der Waals surface area contributed by atoms with Gasteiger partial charge in [0.05, 0.1) is 5.69 Å². The molecule has 0 amide bonds. The highest BCUT2D eigenvalue weighted by Gasteiger charge is 2.18. The summed E-state index contributed by atoms with van der Waals surface area (Å²) in [5.74, 6) is 0. The van der Waals surface area contributed by atoms with Crippen molar-refractivity contribution in [3.05, 3.63) is 56.3 Å². The van der Waals surface area contributed by atoms with E-state index < -0.39 is 26.2 Å². The zero-order valence-electron chi connectivity index (χ0n) is 9.31. The number of benzene rings is 1. The lowest BCUT2D eigenvalue weighted by molar-refractivity contribution is 0.599. The van der Waals surface area contributed by atoms with E-state index in [1.165, 1.54) is 12.1 Å². The van der Waals surface area contributed by atoms with E-state index in [9.17, 15) is 18.0 Å². The van der Waals surface area contributed by atoms with Gasteiger partial charge in [-0.25, -0.2) is 13.2 Å². The molecule has 0 fully saturated rings. The average Bonchev–Trinajstić information content (AvgIpc) is 2.27. The fourth-order valence-corrected chi connectivity index (χ4v) is 2.61. The second kappa shape index (κ2) is 4.90. The van der Waals surface area contributed by atoms with Crippen LogP contribution in [0.3, 0.4) is 0 Å². The molecule has 0 bridgehead atoms. The van der Waals surface area contributed by atoms with E-state index in [4.69, 9.17) is 11.6 Å². The molecule has 0 aliphatic rings. The lowest BCUT2D eigenvalue weighted by Gasteiger charge is -2.06. The van der Waals surface area contributed by atoms with Gasteiger partial charge in [-0.3, -0.25) is 14.5 Å². The molecule has 7 nitrogen and oxygen atoms in total. The van der Waals surface area contributed by atoms with Gasteiger partial charge in [-0.2, -0.15) is 0 Å². The highest BCUT2D eigenvalue weighted by atomic mass is 35.5. The summed E-state index contributed by atoms with van der Waals surface area (Å²) < 4.78 is 26.1. The summed E-state index contributed by atoms with van der Waals surface area (Å²) in [4.78, 5) is 25.6. The van der Waals surface area contributed by atoms with Crippen LogP contribution in [0.1, 0.15) is 0 Å². The Balaban J connectivity index is 2.43. The monoisotopic (exact) mass is 301 g/mol. The number of aromatic nitrogens is 2. The molecule has 9 heteroatoms. The first-order valence-corrected chi connectivity index (χ1v) is 6.85. The van der Waals surface area contributed by atoms with Gasteiger partial charge in [-0.1, -0.05) is 17.7 Å². The summed E-state index contributed by atoms with van der Waals surface area (Å²) in [6.07, 6.45) is 0.827. The Morgan fingerprint density at radius 1 is 1.21 bits per heavy atom. The quantitative estimate of drug-likeness (QED) is 0.767. The Labute approximate surface area is 112 Å². The second-order valence-electron chi connectivity index (χ2n) is 3.55. The van der Waals surface area contributed by atoms with Crippen molar-refractivity contribution in [2.45, 2.75) is 4.90 Å². The Morgan fingerprint density at radius 3 is 2.58 bits per heavy atom. The topological polar surface area (TPSA) is 112 Å². The number of anilines is 1. The van der Waals surface area contributed by atoms with Crippen LogP contribution < -0.4 is 16.0 Å². The Kier molecular flexibility index (Phi) is 3.45. The van der Waals surface area contributed by atoms with Crippen LogP contribution in [0.5, 0.6) is 0 Å². The summed E-state index contributed by atoms with van der Waals surface area (Å²) in [6.45, 7) is 0. The van der Waals surface area contributed by atoms with Gasteiger partial charge in [0, 0.05) is 11.2 Å². The van der Waals surface area contributed by atoms with Crippen LogP contribution in [0, 0.1) is 0 Å². The van der Waals surface area contributed by atoms with E-state index in [1.54, 1.807) is 12.1 Å². The van der Waals surface area contributed by atoms with E-state index in [1.807, 2.05) is 4.98 Å². The van der Waals surface area contributed by atoms with E-state index in [2.05, 4.69) is 9.71 Å². The van der Waals surface area contributed by atoms with Crippen LogP contribution in [0.2, 0.25) is 5.02 Å². The SMILES string of the molecule is O=c1[nH]cc(S(=O)(=O)Nc2cccc(Cl)c2)c(=O)[nH]1. The molecule has 100 valence electrons. The zero-order chi connectivity index (χ0) is 14.0. The largest absolute Gasteiger partial charge is 0.325 e. The van der Waals surface area contributed by atoms with Crippen LogP contribution in [0.4, 0.5) is 5.69 Å². The number of sulfonamides is 1. The summed E-state index contributed by atoms with van der Waals surface area (Å²) >= 11 is 5.72. The van der Waals surface area contributed by atoms with Crippen LogP contribution >= 0.6 is 11.6 Å². The molecule has 19 heavy (non-hydrogen) atoms. The zero-order valence-corrected chi connectivity index (χ0v) is 10.9. The van der Waals surface area contributed by atoms with Crippen LogP contribution in [-0.2, 0) is 10.0 Å². The molecule has 0 spiro atoms. The minimum atomic E-state index is -4.10. The molecule has 0 atom stereocenters. The number of aromatic amines is 2. The molecule has 0 unspecified atom stereocenters. The number of hydrogen-bond donors (Lipinski definition) is 3. The van der Waals surface area contributed by atoms with Crippen molar-refractivity contribution in [2.75, 3.05) is 4.72 Å². The first-order chi connectivity index (χ1) is 8.88. The highest BCUT2D eigenvalue weighted by Crippen LogP contribution is 2.17. The van der Waals surface area contributed by atoms with Crippen molar-refractivity contribution in [1.82, 2.24) is 9.97 Å². The Morgan fingerprint density at radius 2 is 1.95 bits per heavy atom. The molecular weight excluding hydrogens is 294 g/mol. The third-order valence-electron chi connectivity index (χ3n) is 2.15. The standard InChI is InChI=1S/C10H8ClN3O4S/c11-6-2-1-3-7(4-6)14-19(17,18)8-5-12-10(16)13-9(8)15/h1-5,14H,(H2,12,13,15,16). The van der Waals surface area contributed by atoms with Gasteiger partial charge >= 0.3 is 5.69 Å². The minimum absolute atomic E-state index is 0.207. The van der Waals surface area contributed by atoms with Crippen LogP contribution in [0.15, 0.2) is 44.9 Å². The van der Waals surface area contributed by atoms with Crippen molar-refractivity contribution in [3.8, 4) is 0 Å². The molecule has 0 saturated heterocycles. The molecular formula is C10H8ClN3O4S. The van der Waals surface area contributed by atoms with Gasteiger partial charge in [-0.05, 0) is 18.2 Å². The lowest BCUT2D eigenvalue weighted by Crippen LogP contribution is -2.29. The van der Waals surface area contributed by atoms with E-state index in [0.29, 0.717) is 5.02 Å². The van der Waals surface area contributed by atoms with Gasteiger partial charge in [0.2, 0.25) is 0 Å². The molecule has 1 aromatic carbocycles. The lowest BCUT2D eigenvalue weighted by atomic mass is 10.3. The summed E-state index contributed by atoms with van der Waals surface area (Å²) in [6, 6.07) is 5.99. The van der Waals surface area contributed by atoms with Crippen LogP contribution in [-0.4, -0.2) is 18.4 Å². The first-order valence-electron chi connectivity index (χ1n) is 4.99. The van der Waals surface area contributed by atoms with Crippen molar-refractivity contribution >= 4 is 27.3 Å². The first kappa shape index (κ1) is 13.4. The third kappa shape index (κ3) is 3.04. The number of H-pyrrole nitrogens is 2. The van der Waals surface area contributed by atoms with E-state index in [-0.39, 0.29) is 5.69 Å². The third-order valence-corrected chi connectivity index (χ3v) is 3.77. The van der Waals surface area contributed by atoms with Crippen molar-refractivity contribution in [2.24, 2.45) is 0 Å². The Bertz CT molecular complexity index is 825. The number of halogens is 1. The van der Waals surface area contributed by atoms with Crippen LogP contribution in [0.25, 0.3) is 0 Å². The predicted octanol–water partition coefficient (Wildman–Crippen LogP) is 0.517. The van der Waals surface area contributed by atoms with E-state index >= 15 is 0 Å². The minimum Gasteiger partial charge on any atom is -0.313 e. The maximum Gasteiger partial charge on any atom is 0.325 e. The van der Waals surface area contributed by atoms with E-state index in [0.717, 1.165) is 6.20 Å². The fraction of sp³-hybridized carbons (Fsp3) is 0. The number of nitrogens with one attached hydrogen (secondary N) is 3. The van der Waals surface area contributed by atoms with Crippen molar-refractivity contribution < 1.29 is 8.42 Å². The number of rotatable bonds is 3. The van der Waals surface area contributed by atoms with Gasteiger partial charge in [0.25, 0.3) is 15.6 Å². The van der Waals surface area contributed by atoms with Gasteiger partial charge < -0.3 is 4.98 Å². The molecule has 2 rings (SSSR count). The normalized spacial score (nSPS) is 11.2. The molecule has 0 aliphatic carbocycles. The maximum atomic E-state index is 11.9. The van der Waals surface area contributed by atoms with Crippen molar-refractivity contribution in [3.63, 3.8) is 0 Å². The summed E-state index contributed by atoms with van der Waals surface area (Å²) in [5, 5.41) is 0.343. The molecule has 1 heterocycles. The Hall–Kier alpha value is -2.06. The van der Waals surface area contributed by atoms with Gasteiger partial charge in [0.1, 0.15) is 0 Å². The van der Waals surface area contributed by atoms with Gasteiger partial charge in [0.15, 0.2) is 4.90 Å². The molecule has 0 radical (unpaired) electrons. The summed E-state index contributed by atoms with van der Waals surface area (Å²) in [7, 11) is -4.10. The molecule has 3 N–H and O–H groups in total. The molecule has 1 aromatic heterocycles. The van der Waals surface area contributed by atoms with Crippen molar-refractivity contribution in [1.29, 1.82) is 0 Å². The molecule has 0 saturated carbocycles. The molecule has 0 aliphatic heterocycles. The van der Waals surface area contributed by atoms with Gasteiger partial charge in [-0.15, -0.1) is 0 Å². The second-order valence-corrected chi connectivity index (χ2v) is 5.64.